The fourth-order valence-electron chi connectivity index (χ4n) is 1.92. The van der Waals surface area contributed by atoms with Crippen LogP contribution >= 0.6 is 0 Å². The number of hydrogen-bond donors (Lipinski definition) is 1. The average Bonchev–Trinajstić information content (AvgIpc) is 2.54. The summed E-state index contributed by atoms with van der Waals surface area (Å²) in [4.78, 5) is 0. The summed E-state index contributed by atoms with van der Waals surface area (Å²) in [7, 11) is 2.00. The second-order valence-corrected chi connectivity index (χ2v) is 3.91. The van der Waals surface area contributed by atoms with Gasteiger partial charge in [0.05, 0.1) is 0 Å². The van der Waals surface area contributed by atoms with Gasteiger partial charge in [-0.1, -0.05) is 13.0 Å². The van der Waals surface area contributed by atoms with Crippen molar-refractivity contribution < 1.29 is 0 Å². The normalized spacial score (nSPS) is 12.1. The van der Waals surface area contributed by atoms with E-state index in [0.29, 0.717) is 0 Å². The minimum absolute atomic E-state index is 1.03. The first-order valence-electron chi connectivity index (χ1n) is 5.69. The van der Waals surface area contributed by atoms with Crippen LogP contribution in [0.15, 0.2) is 18.2 Å². The van der Waals surface area contributed by atoms with Crippen LogP contribution in [-0.4, -0.2) is 18.2 Å². The molecule has 2 nitrogen and oxygen atoms in total. The van der Waals surface area contributed by atoms with E-state index in [1.165, 1.54) is 17.1 Å². The summed E-state index contributed by atoms with van der Waals surface area (Å²) in [5, 5.41) is 3.20. The molecular weight excluding hydrogens is 184 g/mol. The summed E-state index contributed by atoms with van der Waals surface area (Å²) in [6.07, 6.45) is 4.49. The number of allylic oxidation sites excluding steroid dienone is 1. The van der Waals surface area contributed by atoms with Crippen molar-refractivity contribution in [3.8, 4) is 0 Å². The lowest BCUT2D eigenvalue weighted by Crippen LogP contribution is -2.11. The second kappa shape index (κ2) is 5.76. The topological polar surface area (TPSA) is 17.0 Å². The summed E-state index contributed by atoms with van der Waals surface area (Å²) in [5.41, 5.74) is 4.05. The van der Waals surface area contributed by atoms with Gasteiger partial charge in [0.2, 0.25) is 0 Å². The van der Waals surface area contributed by atoms with E-state index in [0.717, 1.165) is 19.4 Å². The fraction of sp³-hybridized carbons (Fsp3) is 0.538. The van der Waals surface area contributed by atoms with Crippen LogP contribution in [0.5, 0.6) is 0 Å². The molecule has 2 heteroatoms. The van der Waals surface area contributed by atoms with Crippen LogP contribution in [0.1, 0.15) is 31.2 Å². The molecule has 0 amide bonds. The molecule has 0 spiro atoms. The van der Waals surface area contributed by atoms with E-state index in [4.69, 9.17) is 0 Å². The van der Waals surface area contributed by atoms with Crippen LogP contribution in [0.3, 0.4) is 0 Å². The van der Waals surface area contributed by atoms with E-state index < -0.39 is 0 Å². The summed E-state index contributed by atoms with van der Waals surface area (Å²) in [6.45, 7) is 7.54. The monoisotopic (exact) mass is 206 g/mol. The molecule has 84 valence electrons. The lowest BCUT2D eigenvalue weighted by molar-refractivity contribution is 0.783. The molecule has 1 aromatic rings. The number of aromatic nitrogens is 1. The molecule has 0 aliphatic rings. The standard InChI is InChI=1S/C13H22N2/c1-5-6-13(9-10-14-4)15-11(2)7-8-12(15)3/h6-8,14H,5,9-10H2,1-4H3/b13-6-. The third kappa shape index (κ3) is 2.96. The van der Waals surface area contributed by atoms with Gasteiger partial charge < -0.3 is 9.88 Å². The smallest absolute Gasteiger partial charge is 0.0198 e. The highest BCUT2D eigenvalue weighted by Gasteiger charge is 2.05. The Labute approximate surface area is 93.0 Å². The van der Waals surface area contributed by atoms with Crippen LogP contribution in [0, 0.1) is 13.8 Å². The van der Waals surface area contributed by atoms with Crippen LogP contribution in [0.25, 0.3) is 5.70 Å². The Morgan fingerprint density at radius 1 is 1.33 bits per heavy atom. The zero-order valence-corrected chi connectivity index (χ0v) is 10.3. The Hall–Kier alpha value is -1.02. The lowest BCUT2D eigenvalue weighted by atomic mass is 10.2. The van der Waals surface area contributed by atoms with Gasteiger partial charge in [0.25, 0.3) is 0 Å². The SMILES string of the molecule is CC/C=C(/CCNC)n1c(C)ccc1C. The largest absolute Gasteiger partial charge is 0.323 e. The Morgan fingerprint density at radius 3 is 2.40 bits per heavy atom. The molecule has 0 aliphatic carbocycles. The van der Waals surface area contributed by atoms with E-state index >= 15 is 0 Å². The van der Waals surface area contributed by atoms with Crippen molar-refractivity contribution in [3.63, 3.8) is 0 Å². The minimum Gasteiger partial charge on any atom is -0.323 e. The van der Waals surface area contributed by atoms with Crippen molar-refractivity contribution in [3.05, 3.63) is 29.6 Å². The van der Waals surface area contributed by atoms with Gasteiger partial charge in [-0.05, 0) is 39.4 Å². The molecule has 0 unspecified atom stereocenters. The van der Waals surface area contributed by atoms with Gasteiger partial charge in [0, 0.05) is 30.1 Å². The van der Waals surface area contributed by atoms with Gasteiger partial charge in [0.1, 0.15) is 0 Å². The summed E-state index contributed by atoms with van der Waals surface area (Å²) in [5.74, 6) is 0. The Bertz CT molecular complexity index is 315. The maximum absolute atomic E-state index is 3.20. The van der Waals surface area contributed by atoms with Crippen molar-refractivity contribution in [2.24, 2.45) is 0 Å². The summed E-state index contributed by atoms with van der Waals surface area (Å²) >= 11 is 0. The van der Waals surface area contributed by atoms with Gasteiger partial charge in [-0.3, -0.25) is 0 Å². The van der Waals surface area contributed by atoms with E-state index in [2.05, 4.69) is 48.9 Å². The van der Waals surface area contributed by atoms with Crippen molar-refractivity contribution in [1.82, 2.24) is 9.88 Å². The lowest BCUT2D eigenvalue weighted by Gasteiger charge is -2.14. The first-order chi connectivity index (χ1) is 7.20. The van der Waals surface area contributed by atoms with Crippen LogP contribution in [0.4, 0.5) is 0 Å². The summed E-state index contributed by atoms with van der Waals surface area (Å²) in [6, 6.07) is 4.36. The van der Waals surface area contributed by atoms with Crippen LogP contribution in [0.2, 0.25) is 0 Å². The maximum Gasteiger partial charge on any atom is 0.0198 e. The van der Waals surface area contributed by atoms with Crippen molar-refractivity contribution >= 4 is 5.70 Å². The molecule has 1 aromatic heterocycles. The Balaban J connectivity index is 2.94. The highest BCUT2D eigenvalue weighted by molar-refractivity contribution is 5.49. The van der Waals surface area contributed by atoms with Gasteiger partial charge in [0.15, 0.2) is 0 Å². The molecule has 1 heterocycles. The third-order valence-electron chi connectivity index (χ3n) is 2.63. The number of nitrogens with zero attached hydrogens (tertiary/aromatic N) is 1. The molecule has 15 heavy (non-hydrogen) atoms. The van der Waals surface area contributed by atoms with E-state index in [-0.39, 0.29) is 0 Å². The van der Waals surface area contributed by atoms with E-state index in [9.17, 15) is 0 Å². The highest BCUT2D eigenvalue weighted by Crippen LogP contribution is 2.17. The number of rotatable bonds is 5. The summed E-state index contributed by atoms with van der Waals surface area (Å²) < 4.78 is 2.35. The first-order valence-corrected chi connectivity index (χ1v) is 5.69. The molecule has 0 aliphatic heterocycles. The number of aryl methyl sites for hydroxylation is 2. The first kappa shape index (κ1) is 12.1. The van der Waals surface area contributed by atoms with Gasteiger partial charge in [-0.15, -0.1) is 0 Å². The molecule has 0 saturated carbocycles. The molecule has 0 fully saturated rings. The minimum atomic E-state index is 1.03. The number of nitrogens with one attached hydrogen (secondary N) is 1. The van der Waals surface area contributed by atoms with Crippen molar-refractivity contribution in [1.29, 1.82) is 0 Å². The zero-order valence-electron chi connectivity index (χ0n) is 10.3. The van der Waals surface area contributed by atoms with E-state index in [1.807, 2.05) is 7.05 Å². The fourth-order valence-corrected chi connectivity index (χ4v) is 1.92. The van der Waals surface area contributed by atoms with Crippen molar-refractivity contribution in [2.45, 2.75) is 33.6 Å². The molecule has 1 rings (SSSR count). The zero-order chi connectivity index (χ0) is 11.3. The predicted molar refractivity (Wildman–Crippen MR) is 67.0 cm³/mol. The number of hydrogen-bond acceptors (Lipinski definition) is 1. The molecule has 0 bridgehead atoms. The molecule has 0 radical (unpaired) electrons. The predicted octanol–water partition coefficient (Wildman–Crippen LogP) is 2.97. The molecule has 0 saturated heterocycles. The van der Waals surface area contributed by atoms with Gasteiger partial charge in [-0.25, -0.2) is 0 Å². The quantitative estimate of drug-likeness (QED) is 0.783. The van der Waals surface area contributed by atoms with Gasteiger partial charge >= 0.3 is 0 Å². The third-order valence-corrected chi connectivity index (χ3v) is 2.63. The Morgan fingerprint density at radius 2 is 1.93 bits per heavy atom. The second-order valence-electron chi connectivity index (χ2n) is 3.91. The Kier molecular flexibility index (Phi) is 4.63. The van der Waals surface area contributed by atoms with Crippen molar-refractivity contribution in [2.75, 3.05) is 13.6 Å². The van der Waals surface area contributed by atoms with Gasteiger partial charge in [-0.2, -0.15) is 0 Å². The molecule has 0 atom stereocenters. The maximum atomic E-state index is 3.20. The van der Waals surface area contributed by atoms with E-state index in [1.54, 1.807) is 0 Å². The van der Waals surface area contributed by atoms with Crippen LogP contribution < -0.4 is 5.32 Å². The van der Waals surface area contributed by atoms with Crippen LogP contribution in [-0.2, 0) is 0 Å². The molecular formula is C13H22N2. The molecule has 0 aromatic carbocycles. The highest BCUT2D eigenvalue weighted by atomic mass is 15.0. The molecule has 1 N–H and O–H groups in total. The average molecular weight is 206 g/mol.